The van der Waals surface area contributed by atoms with Gasteiger partial charge in [0.05, 0.1) is 38.6 Å². The van der Waals surface area contributed by atoms with E-state index in [2.05, 4.69) is 55.6 Å². The highest BCUT2D eigenvalue weighted by molar-refractivity contribution is 5.76. The number of ether oxygens (including phenoxy) is 6. The Labute approximate surface area is 421 Å². The van der Waals surface area contributed by atoms with Gasteiger partial charge in [0.1, 0.15) is 73.2 Å². The molecule has 19 nitrogen and oxygen atoms in total. The molecule has 0 saturated carbocycles. The van der Waals surface area contributed by atoms with Crippen molar-refractivity contribution in [2.75, 3.05) is 26.4 Å². The summed E-state index contributed by atoms with van der Waals surface area (Å²) in [7, 11) is 0. The number of aliphatic hydroxyl groups excluding tert-OH is 11. The maximum atomic E-state index is 13.2. The molecule has 414 valence electrons. The van der Waals surface area contributed by atoms with Crippen LogP contribution in [0.1, 0.15) is 155 Å². The van der Waals surface area contributed by atoms with Gasteiger partial charge in [-0.15, -0.1) is 0 Å². The van der Waals surface area contributed by atoms with Crippen molar-refractivity contribution in [1.82, 2.24) is 5.32 Å². The van der Waals surface area contributed by atoms with Crippen LogP contribution in [0.3, 0.4) is 0 Å². The van der Waals surface area contributed by atoms with Gasteiger partial charge in [-0.25, -0.2) is 0 Å². The number of amides is 1. The normalized spacial score (nSPS) is 32.5. The van der Waals surface area contributed by atoms with Gasteiger partial charge in [-0.2, -0.15) is 0 Å². The summed E-state index contributed by atoms with van der Waals surface area (Å²) >= 11 is 0. The second-order valence-corrected chi connectivity index (χ2v) is 19.3. The van der Waals surface area contributed by atoms with Crippen LogP contribution in [0.4, 0.5) is 0 Å². The van der Waals surface area contributed by atoms with Crippen molar-refractivity contribution >= 4 is 5.91 Å². The topological polar surface area (TPSA) is 307 Å². The fourth-order valence-corrected chi connectivity index (χ4v) is 8.96. The summed E-state index contributed by atoms with van der Waals surface area (Å²) in [6.07, 6.45) is 8.49. The number of rotatable bonds is 37. The lowest BCUT2D eigenvalue weighted by Gasteiger charge is -2.48. The lowest BCUT2D eigenvalue weighted by Crippen LogP contribution is -2.66. The van der Waals surface area contributed by atoms with E-state index < -0.39 is 124 Å². The molecule has 3 aliphatic rings. The van der Waals surface area contributed by atoms with Gasteiger partial charge in [-0.05, 0) is 51.4 Å². The van der Waals surface area contributed by atoms with Crippen LogP contribution < -0.4 is 5.32 Å². The van der Waals surface area contributed by atoms with E-state index in [1.165, 1.54) is 25.7 Å². The fourth-order valence-electron chi connectivity index (χ4n) is 8.96. The molecule has 19 heteroatoms. The smallest absolute Gasteiger partial charge is 0.220 e. The summed E-state index contributed by atoms with van der Waals surface area (Å²) in [6, 6.07) is -0.890. The molecule has 0 radical (unpaired) electrons. The highest BCUT2D eigenvalue weighted by atomic mass is 16.8. The van der Waals surface area contributed by atoms with Gasteiger partial charge in [0.2, 0.25) is 5.91 Å². The van der Waals surface area contributed by atoms with E-state index in [4.69, 9.17) is 28.4 Å². The summed E-state index contributed by atoms with van der Waals surface area (Å²) in [5.41, 5.74) is 0. The first-order valence-electron chi connectivity index (χ1n) is 26.7. The molecule has 0 aliphatic carbocycles. The number of unbranched alkanes of at least 4 members (excludes halogenated alkanes) is 15. The Morgan fingerprint density at radius 1 is 0.507 bits per heavy atom. The van der Waals surface area contributed by atoms with Crippen LogP contribution in [0.25, 0.3) is 0 Å². The molecule has 71 heavy (non-hydrogen) atoms. The number of carbonyl (C=O) groups excluding carboxylic acids is 1. The zero-order chi connectivity index (χ0) is 52.0. The van der Waals surface area contributed by atoms with E-state index in [0.29, 0.717) is 12.8 Å². The van der Waals surface area contributed by atoms with E-state index in [-0.39, 0.29) is 18.9 Å². The monoisotopic (exact) mass is 1020 g/mol. The van der Waals surface area contributed by atoms with Gasteiger partial charge in [0.25, 0.3) is 0 Å². The minimum absolute atomic E-state index is 0.250. The molecule has 3 aliphatic heterocycles. The lowest BCUT2D eigenvalue weighted by molar-refractivity contribution is -0.379. The maximum absolute atomic E-state index is 13.2. The Morgan fingerprint density at radius 3 is 1.48 bits per heavy atom. The minimum atomic E-state index is -1.97. The van der Waals surface area contributed by atoms with Crippen molar-refractivity contribution in [3.63, 3.8) is 0 Å². The first kappa shape index (κ1) is 63.3. The Balaban J connectivity index is 1.49. The quantitative estimate of drug-likeness (QED) is 0.0314. The van der Waals surface area contributed by atoms with Gasteiger partial charge in [-0.3, -0.25) is 4.79 Å². The maximum Gasteiger partial charge on any atom is 0.220 e. The summed E-state index contributed by atoms with van der Waals surface area (Å²) < 4.78 is 34.1. The van der Waals surface area contributed by atoms with E-state index in [1.807, 2.05) is 0 Å². The predicted molar refractivity (Wildman–Crippen MR) is 263 cm³/mol. The third-order valence-electron chi connectivity index (χ3n) is 13.5. The van der Waals surface area contributed by atoms with Crippen LogP contribution in [0, 0.1) is 0 Å². The largest absolute Gasteiger partial charge is 0.394 e. The second-order valence-electron chi connectivity index (χ2n) is 19.3. The SMILES string of the molecule is CCCCC/C=C\C/C=C\C/C=C\CCCCCCCCC(=O)NC(COC1OC(CO)C(OC2OC(CO)C(OC3OC(CO)C(O)C(O)C3O)C(O)C2O)C(O)C1O)C(O)CCCCCCCCC. The van der Waals surface area contributed by atoms with Gasteiger partial charge >= 0.3 is 0 Å². The van der Waals surface area contributed by atoms with Crippen LogP contribution >= 0.6 is 0 Å². The summed E-state index contributed by atoms with van der Waals surface area (Å²) in [6.45, 7) is 1.65. The zero-order valence-electron chi connectivity index (χ0n) is 42.4. The number of hydrogen-bond acceptors (Lipinski definition) is 18. The van der Waals surface area contributed by atoms with Crippen molar-refractivity contribution in [3.8, 4) is 0 Å². The van der Waals surface area contributed by atoms with Crippen molar-refractivity contribution in [2.24, 2.45) is 0 Å². The summed E-state index contributed by atoms with van der Waals surface area (Å²) in [4.78, 5) is 13.2. The Morgan fingerprint density at radius 2 is 0.930 bits per heavy atom. The fraction of sp³-hybridized carbons (Fsp3) is 0.865. The number of nitrogens with one attached hydrogen (secondary N) is 1. The molecule has 1 amide bonds. The van der Waals surface area contributed by atoms with Crippen LogP contribution in [0.15, 0.2) is 36.5 Å². The van der Waals surface area contributed by atoms with E-state index in [1.54, 1.807) is 0 Å². The summed E-state index contributed by atoms with van der Waals surface area (Å²) in [5, 5.41) is 120. The van der Waals surface area contributed by atoms with Gasteiger partial charge < -0.3 is 89.9 Å². The van der Waals surface area contributed by atoms with Gasteiger partial charge in [0.15, 0.2) is 18.9 Å². The van der Waals surface area contributed by atoms with Crippen LogP contribution in [0.5, 0.6) is 0 Å². The first-order valence-corrected chi connectivity index (χ1v) is 26.7. The standard InChI is InChI=1S/C52H93NO18/c1-3-5-7-9-11-12-13-14-15-16-17-18-19-20-21-22-24-26-28-30-40(58)53-35(36(57)29-27-25-23-10-8-6-4-2)34-66-50-46(64)43(61)48(38(32-55)68-50)71-52-47(65)44(62)49(39(33-56)69-52)70-51-45(63)42(60)41(59)37(31-54)67-51/h11-12,14-15,17-18,35-39,41-52,54-57,59-65H,3-10,13,16,19-34H2,1-2H3,(H,53,58)/b12-11-,15-14-,18-17-. The molecular formula is C52H93NO18. The molecule has 0 aromatic heterocycles. The van der Waals surface area contributed by atoms with Crippen LogP contribution in [-0.2, 0) is 33.2 Å². The Hall–Kier alpha value is -1.99. The van der Waals surface area contributed by atoms with Crippen molar-refractivity contribution in [2.45, 2.75) is 259 Å². The van der Waals surface area contributed by atoms with Gasteiger partial charge in [-0.1, -0.05) is 134 Å². The van der Waals surface area contributed by atoms with E-state index >= 15 is 0 Å². The number of allylic oxidation sites excluding steroid dienone is 6. The van der Waals surface area contributed by atoms with E-state index in [9.17, 15) is 61.0 Å². The van der Waals surface area contributed by atoms with Crippen LogP contribution in [-0.4, -0.2) is 193 Å². The highest BCUT2D eigenvalue weighted by Gasteiger charge is 2.53. The Kier molecular flexibility index (Phi) is 32.9. The van der Waals surface area contributed by atoms with Crippen molar-refractivity contribution in [3.05, 3.63) is 36.5 Å². The molecule has 0 spiro atoms. The molecule has 3 heterocycles. The molecule has 12 N–H and O–H groups in total. The lowest BCUT2D eigenvalue weighted by atomic mass is 9.96. The third kappa shape index (κ3) is 22.4. The molecule has 0 bridgehead atoms. The molecule has 0 aromatic carbocycles. The molecule has 3 rings (SSSR count). The molecule has 0 aromatic rings. The third-order valence-corrected chi connectivity index (χ3v) is 13.5. The number of aliphatic hydroxyl groups is 11. The van der Waals surface area contributed by atoms with E-state index in [0.717, 1.165) is 96.3 Å². The molecule has 3 saturated heterocycles. The molecule has 17 atom stereocenters. The average Bonchev–Trinajstić information content (AvgIpc) is 3.36. The average molecular weight is 1020 g/mol. The summed E-state index contributed by atoms with van der Waals surface area (Å²) in [5.74, 6) is -0.263. The van der Waals surface area contributed by atoms with Crippen molar-refractivity contribution < 1.29 is 89.4 Å². The Bertz CT molecular complexity index is 1450. The predicted octanol–water partition coefficient (Wildman–Crippen LogP) is 2.59. The van der Waals surface area contributed by atoms with Crippen molar-refractivity contribution in [1.29, 1.82) is 0 Å². The first-order chi connectivity index (χ1) is 34.3. The molecular weight excluding hydrogens is 927 g/mol. The number of hydrogen-bond donors (Lipinski definition) is 12. The number of carbonyl (C=O) groups is 1. The highest BCUT2D eigenvalue weighted by Crippen LogP contribution is 2.33. The molecule has 17 unspecified atom stereocenters. The van der Waals surface area contributed by atoms with Crippen LogP contribution in [0.2, 0.25) is 0 Å². The second kappa shape index (κ2) is 36.9. The molecule has 3 fully saturated rings. The minimum Gasteiger partial charge on any atom is -0.394 e. The van der Waals surface area contributed by atoms with Gasteiger partial charge in [0, 0.05) is 6.42 Å². The zero-order valence-corrected chi connectivity index (χ0v) is 42.4.